The molecule has 1 amide bonds. The topological polar surface area (TPSA) is 62.5 Å². The standard InChI is InChI=1S/C16H19NO3S/c18-9-6-14(15-2-1-11-21-15)5-8-17-16(19)4-3-13-7-10-20-12-13/h1-4,7,10-12,14,18H,5-6,8-9H2,(H,17,19)/b4-3+/t14-/m0/s1. The summed E-state index contributed by atoms with van der Waals surface area (Å²) in [6.45, 7) is 0.758. The molecule has 0 saturated carbocycles. The van der Waals surface area contributed by atoms with E-state index in [0.29, 0.717) is 12.5 Å². The Hall–Kier alpha value is -1.85. The van der Waals surface area contributed by atoms with Crippen LogP contribution in [0.5, 0.6) is 0 Å². The predicted octanol–water partition coefficient (Wildman–Crippen LogP) is 3.03. The summed E-state index contributed by atoms with van der Waals surface area (Å²) in [5.41, 5.74) is 0.863. The number of carbonyl (C=O) groups is 1. The Bertz CT molecular complexity index is 546. The Balaban J connectivity index is 1.75. The molecule has 2 rings (SSSR count). The fourth-order valence-corrected chi connectivity index (χ4v) is 2.98. The smallest absolute Gasteiger partial charge is 0.244 e. The summed E-state index contributed by atoms with van der Waals surface area (Å²) in [6, 6.07) is 5.88. The largest absolute Gasteiger partial charge is 0.472 e. The number of thiophene rings is 1. The van der Waals surface area contributed by atoms with Gasteiger partial charge in [0.1, 0.15) is 0 Å². The van der Waals surface area contributed by atoms with Gasteiger partial charge in [-0.2, -0.15) is 0 Å². The van der Waals surface area contributed by atoms with Crippen LogP contribution in [0.1, 0.15) is 29.2 Å². The van der Waals surface area contributed by atoms with Crippen molar-refractivity contribution in [3.63, 3.8) is 0 Å². The van der Waals surface area contributed by atoms with Crippen molar-refractivity contribution in [3.8, 4) is 0 Å². The molecule has 2 aromatic rings. The van der Waals surface area contributed by atoms with Crippen molar-refractivity contribution < 1.29 is 14.3 Å². The zero-order valence-corrected chi connectivity index (χ0v) is 12.5. The van der Waals surface area contributed by atoms with Gasteiger partial charge in [-0.1, -0.05) is 6.07 Å². The predicted molar refractivity (Wildman–Crippen MR) is 84.1 cm³/mol. The van der Waals surface area contributed by atoms with Crippen LogP contribution in [-0.2, 0) is 4.79 Å². The molecule has 4 nitrogen and oxygen atoms in total. The third-order valence-electron chi connectivity index (χ3n) is 3.19. The number of hydrogen-bond donors (Lipinski definition) is 2. The van der Waals surface area contributed by atoms with Crippen molar-refractivity contribution in [2.24, 2.45) is 0 Å². The van der Waals surface area contributed by atoms with Crippen molar-refractivity contribution in [1.82, 2.24) is 5.32 Å². The molecule has 2 heterocycles. The van der Waals surface area contributed by atoms with Crippen molar-refractivity contribution in [2.45, 2.75) is 18.8 Å². The monoisotopic (exact) mass is 305 g/mol. The lowest BCUT2D eigenvalue weighted by Gasteiger charge is -2.14. The van der Waals surface area contributed by atoms with Crippen LogP contribution >= 0.6 is 11.3 Å². The molecule has 0 radical (unpaired) electrons. The molecule has 0 aliphatic heterocycles. The fourth-order valence-electron chi connectivity index (χ4n) is 2.08. The van der Waals surface area contributed by atoms with Crippen LogP contribution in [0.25, 0.3) is 6.08 Å². The zero-order chi connectivity index (χ0) is 14.9. The molecule has 0 spiro atoms. The highest BCUT2D eigenvalue weighted by Crippen LogP contribution is 2.26. The van der Waals surface area contributed by atoms with Gasteiger partial charge in [0.25, 0.3) is 0 Å². The minimum absolute atomic E-state index is 0.120. The molecule has 2 N–H and O–H groups in total. The molecular weight excluding hydrogens is 286 g/mol. The van der Waals surface area contributed by atoms with Gasteiger partial charge < -0.3 is 14.8 Å². The van der Waals surface area contributed by atoms with E-state index in [1.165, 1.54) is 11.0 Å². The van der Waals surface area contributed by atoms with Gasteiger partial charge in [0.2, 0.25) is 5.91 Å². The summed E-state index contributed by atoms with van der Waals surface area (Å²) < 4.78 is 4.92. The summed E-state index contributed by atoms with van der Waals surface area (Å²) in [4.78, 5) is 12.9. The average Bonchev–Trinajstić information content (AvgIpc) is 3.17. The van der Waals surface area contributed by atoms with Crippen molar-refractivity contribution in [3.05, 3.63) is 52.6 Å². The number of nitrogens with one attached hydrogen (secondary N) is 1. The second-order valence-electron chi connectivity index (χ2n) is 4.69. The minimum atomic E-state index is -0.120. The second kappa shape index (κ2) is 8.44. The number of amides is 1. The van der Waals surface area contributed by atoms with Crippen LogP contribution in [0, 0.1) is 0 Å². The molecule has 0 aliphatic carbocycles. The number of aliphatic hydroxyl groups excluding tert-OH is 1. The van der Waals surface area contributed by atoms with Gasteiger partial charge in [-0.15, -0.1) is 11.3 Å². The van der Waals surface area contributed by atoms with Gasteiger partial charge in [0, 0.05) is 29.7 Å². The number of rotatable bonds is 8. The molecule has 1 atom stereocenters. The third-order valence-corrected chi connectivity index (χ3v) is 4.22. The fraction of sp³-hybridized carbons (Fsp3) is 0.312. The normalized spacial score (nSPS) is 12.6. The maximum Gasteiger partial charge on any atom is 0.244 e. The summed E-state index contributed by atoms with van der Waals surface area (Å²) in [5, 5.41) is 14.0. The van der Waals surface area contributed by atoms with E-state index in [4.69, 9.17) is 9.52 Å². The van der Waals surface area contributed by atoms with E-state index in [9.17, 15) is 4.79 Å². The SMILES string of the molecule is O=C(/C=C/c1ccoc1)NCC[C@@H](CCO)c1cccs1. The van der Waals surface area contributed by atoms with Crippen LogP contribution < -0.4 is 5.32 Å². The molecule has 0 aromatic carbocycles. The first-order valence-electron chi connectivity index (χ1n) is 6.92. The number of carbonyl (C=O) groups excluding carboxylic acids is 1. The van der Waals surface area contributed by atoms with E-state index in [1.807, 2.05) is 11.4 Å². The van der Waals surface area contributed by atoms with Gasteiger partial charge in [0.05, 0.1) is 12.5 Å². The molecule has 0 unspecified atom stereocenters. The Morgan fingerprint density at radius 3 is 3.00 bits per heavy atom. The molecular formula is C16H19NO3S. The first kappa shape index (κ1) is 15.5. The molecule has 5 heteroatoms. The minimum Gasteiger partial charge on any atom is -0.472 e. The van der Waals surface area contributed by atoms with E-state index >= 15 is 0 Å². The Labute approximate surface area is 128 Å². The van der Waals surface area contributed by atoms with Gasteiger partial charge >= 0.3 is 0 Å². The summed E-state index contributed by atoms with van der Waals surface area (Å²) in [6.07, 6.45) is 7.91. The van der Waals surface area contributed by atoms with Gasteiger partial charge in [-0.05, 0) is 42.3 Å². The van der Waals surface area contributed by atoms with Crippen LogP contribution in [-0.4, -0.2) is 24.2 Å². The second-order valence-corrected chi connectivity index (χ2v) is 5.67. The number of hydrogen-bond acceptors (Lipinski definition) is 4. The van der Waals surface area contributed by atoms with Crippen LogP contribution in [0.4, 0.5) is 0 Å². The maximum atomic E-state index is 11.7. The van der Waals surface area contributed by atoms with Crippen LogP contribution in [0.3, 0.4) is 0 Å². The van der Waals surface area contributed by atoms with E-state index in [2.05, 4.69) is 11.4 Å². The number of aliphatic hydroxyl groups is 1. The Morgan fingerprint density at radius 1 is 1.43 bits per heavy atom. The van der Waals surface area contributed by atoms with Crippen molar-refractivity contribution >= 4 is 23.3 Å². The summed E-state index contributed by atoms with van der Waals surface area (Å²) >= 11 is 1.69. The van der Waals surface area contributed by atoms with Gasteiger partial charge in [-0.3, -0.25) is 4.79 Å². The van der Waals surface area contributed by atoms with E-state index in [-0.39, 0.29) is 12.5 Å². The van der Waals surface area contributed by atoms with E-state index in [0.717, 1.165) is 18.4 Å². The van der Waals surface area contributed by atoms with Crippen molar-refractivity contribution in [2.75, 3.05) is 13.2 Å². The first-order chi connectivity index (χ1) is 10.3. The molecule has 0 aliphatic rings. The highest BCUT2D eigenvalue weighted by molar-refractivity contribution is 7.10. The third kappa shape index (κ3) is 5.21. The van der Waals surface area contributed by atoms with Gasteiger partial charge in [-0.25, -0.2) is 0 Å². The summed E-state index contributed by atoms with van der Waals surface area (Å²) in [5.74, 6) is 0.179. The average molecular weight is 305 g/mol. The zero-order valence-electron chi connectivity index (χ0n) is 11.7. The highest BCUT2D eigenvalue weighted by atomic mass is 32.1. The Kier molecular flexibility index (Phi) is 6.24. The van der Waals surface area contributed by atoms with Crippen LogP contribution in [0.2, 0.25) is 0 Å². The van der Waals surface area contributed by atoms with Crippen LogP contribution in [0.15, 0.2) is 46.6 Å². The highest BCUT2D eigenvalue weighted by Gasteiger charge is 2.12. The quantitative estimate of drug-likeness (QED) is 0.737. The lowest BCUT2D eigenvalue weighted by Crippen LogP contribution is -2.23. The Morgan fingerprint density at radius 2 is 2.33 bits per heavy atom. The molecule has 2 aromatic heterocycles. The first-order valence-corrected chi connectivity index (χ1v) is 7.80. The lowest BCUT2D eigenvalue weighted by atomic mass is 10.00. The molecule has 21 heavy (non-hydrogen) atoms. The number of furan rings is 1. The van der Waals surface area contributed by atoms with Gasteiger partial charge in [0.15, 0.2) is 0 Å². The molecule has 0 fully saturated rings. The van der Waals surface area contributed by atoms with E-state index < -0.39 is 0 Å². The molecule has 0 bridgehead atoms. The lowest BCUT2D eigenvalue weighted by molar-refractivity contribution is -0.116. The van der Waals surface area contributed by atoms with Crippen molar-refractivity contribution in [1.29, 1.82) is 0 Å². The van der Waals surface area contributed by atoms with E-state index in [1.54, 1.807) is 36.0 Å². The maximum absolute atomic E-state index is 11.7. The summed E-state index contributed by atoms with van der Waals surface area (Å²) in [7, 11) is 0. The molecule has 112 valence electrons. The molecule has 0 saturated heterocycles.